The standard InChI is InChI=1S/C11H15ClN2O4S/c12-19(16,17)9-5-10(14-6-9)11(15)13-3-1-8-2-4-18-7-8/h5-6,8,14H,1-4,7H2,(H,13,15). The van der Waals surface area contributed by atoms with Crippen LogP contribution in [0.1, 0.15) is 23.3 Å². The van der Waals surface area contributed by atoms with E-state index in [0.29, 0.717) is 12.5 Å². The molecule has 1 aliphatic heterocycles. The van der Waals surface area contributed by atoms with Crippen LogP contribution in [0.5, 0.6) is 0 Å². The molecule has 1 aliphatic rings. The summed E-state index contributed by atoms with van der Waals surface area (Å²) in [6.45, 7) is 2.06. The molecule has 2 heterocycles. The zero-order valence-electron chi connectivity index (χ0n) is 10.2. The van der Waals surface area contributed by atoms with E-state index < -0.39 is 9.05 Å². The highest BCUT2D eigenvalue weighted by Gasteiger charge is 2.17. The van der Waals surface area contributed by atoms with Crippen molar-refractivity contribution in [2.24, 2.45) is 5.92 Å². The summed E-state index contributed by atoms with van der Waals surface area (Å²) in [5.74, 6) is 0.146. The molecule has 1 saturated heterocycles. The van der Waals surface area contributed by atoms with Gasteiger partial charge in [-0.15, -0.1) is 0 Å². The number of amides is 1. The highest BCUT2D eigenvalue weighted by molar-refractivity contribution is 8.13. The van der Waals surface area contributed by atoms with Crippen LogP contribution in [-0.4, -0.2) is 39.1 Å². The summed E-state index contributed by atoms with van der Waals surface area (Å²) in [5, 5.41) is 2.73. The van der Waals surface area contributed by atoms with Crippen LogP contribution in [-0.2, 0) is 13.8 Å². The van der Waals surface area contributed by atoms with E-state index in [1.165, 1.54) is 12.3 Å². The number of aromatic nitrogens is 1. The van der Waals surface area contributed by atoms with Crippen LogP contribution in [0.3, 0.4) is 0 Å². The van der Waals surface area contributed by atoms with Crippen molar-refractivity contribution in [2.45, 2.75) is 17.7 Å². The number of ether oxygens (including phenoxy) is 1. The molecule has 106 valence electrons. The van der Waals surface area contributed by atoms with E-state index >= 15 is 0 Å². The highest BCUT2D eigenvalue weighted by atomic mass is 35.7. The molecule has 0 aromatic carbocycles. The summed E-state index contributed by atoms with van der Waals surface area (Å²) < 4.78 is 27.4. The first-order valence-electron chi connectivity index (χ1n) is 5.96. The van der Waals surface area contributed by atoms with Gasteiger partial charge in [-0.1, -0.05) is 0 Å². The Morgan fingerprint density at radius 1 is 1.58 bits per heavy atom. The molecule has 0 saturated carbocycles. The third kappa shape index (κ3) is 3.95. The normalized spacial score (nSPS) is 19.5. The van der Waals surface area contributed by atoms with E-state index in [1.807, 2.05) is 0 Å². The van der Waals surface area contributed by atoms with Gasteiger partial charge in [0.25, 0.3) is 15.0 Å². The van der Waals surface area contributed by atoms with Crippen molar-refractivity contribution in [3.8, 4) is 0 Å². The number of carbonyl (C=O) groups is 1. The van der Waals surface area contributed by atoms with Gasteiger partial charge in [-0.05, 0) is 24.8 Å². The van der Waals surface area contributed by atoms with Crippen LogP contribution in [0.15, 0.2) is 17.2 Å². The molecule has 1 aromatic heterocycles. The Morgan fingerprint density at radius 3 is 2.95 bits per heavy atom. The Hall–Kier alpha value is -1.05. The first kappa shape index (κ1) is 14.4. The number of H-pyrrole nitrogens is 1. The molecule has 1 amide bonds. The molecule has 19 heavy (non-hydrogen) atoms. The van der Waals surface area contributed by atoms with E-state index in [1.54, 1.807) is 0 Å². The smallest absolute Gasteiger partial charge is 0.267 e. The molecule has 0 bridgehead atoms. The second-order valence-corrected chi connectivity index (χ2v) is 7.03. The average molecular weight is 307 g/mol. The van der Waals surface area contributed by atoms with E-state index in [0.717, 1.165) is 26.1 Å². The molecule has 8 heteroatoms. The summed E-state index contributed by atoms with van der Waals surface area (Å²) >= 11 is 0. The lowest BCUT2D eigenvalue weighted by molar-refractivity contribution is 0.0946. The molecule has 0 radical (unpaired) electrons. The lowest BCUT2D eigenvalue weighted by Crippen LogP contribution is -2.26. The molecule has 1 aromatic rings. The second-order valence-electron chi connectivity index (χ2n) is 4.46. The molecular weight excluding hydrogens is 292 g/mol. The van der Waals surface area contributed by atoms with Crippen molar-refractivity contribution in [3.05, 3.63) is 18.0 Å². The molecule has 6 nitrogen and oxygen atoms in total. The van der Waals surface area contributed by atoms with Crippen molar-refractivity contribution in [1.29, 1.82) is 0 Å². The van der Waals surface area contributed by atoms with Crippen LogP contribution in [0.25, 0.3) is 0 Å². The number of hydrogen-bond acceptors (Lipinski definition) is 4. The number of aromatic amines is 1. The van der Waals surface area contributed by atoms with Crippen molar-refractivity contribution >= 4 is 25.6 Å². The summed E-state index contributed by atoms with van der Waals surface area (Å²) in [6.07, 6.45) is 3.07. The van der Waals surface area contributed by atoms with E-state index in [4.69, 9.17) is 15.4 Å². The minimum absolute atomic E-state index is 0.108. The van der Waals surface area contributed by atoms with Gasteiger partial charge in [0, 0.05) is 36.6 Å². The third-order valence-electron chi connectivity index (χ3n) is 3.04. The number of halogens is 1. The molecule has 1 unspecified atom stereocenters. The predicted octanol–water partition coefficient (Wildman–Crippen LogP) is 1.10. The summed E-state index contributed by atoms with van der Waals surface area (Å²) in [4.78, 5) is 14.2. The molecule has 0 spiro atoms. The van der Waals surface area contributed by atoms with Crippen LogP contribution in [0.4, 0.5) is 0 Å². The Bertz CT molecular complexity index is 549. The van der Waals surface area contributed by atoms with Crippen LogP contribution in [0.2, 0.25) is 0 Å². The van der Waals surface area contributed by atoms with E-state index in [2.05, 4.69) is 10.3 Å². The second kappa shape index (κ2) is 5.94. The van der Waals surface area contributed by atoms with Gasteiger partial charge in [0.2, 0.25) is 0 Å². The van der Waals surface area contributed by atoms with Gasteiger partial charge in [-0.2, -0.15) is 0 Å². The average Bonchev–Trinajstić information content (AvgIpc) is 2.99. The Balaban J connectivity index is 1.84. The predicted molar refractivity (Wildman–Crippen MR) is 69.7 cm³/mol. The molecule has 1 fully saturated rings. The Kier molecular flexibility index (Phi) is 4.49. The van der Waals surface area contributed by atoms with Gasteiger partial charge in [0.1, 0.15) is 10.6 Å². The summed E-state index contributed by atoms with van der Waals surface area (Å²) in [5.41, 5.74) is 0.182. The van der Waals surface area contributed by atoms with Gasteiger partial charge in [0.05, 0.1) is 0 Å². The van der Waals surface area contributed by atoms with Gasteiger partial charge in [0.15, 0.2) is 0 Å². The molecule has 1 atom stereocenters. The molecule has 2 N–H and O–H groups in total. The van der Waals surface area contributed by atoms with Crippen molar-refractivity contribution in [2.75, 3.05) is 19.8 Å². The third-order valence-corrected chi connectivity index (χ3v) is 4.38. The van der Waals surface area contributed by atoms with E-state index in [9.17, 15) is 13.2 Å². The Morgan fingerprint density at radius 2 is 2.37 bits per heavy atom. The highest BCUT2D eigenvalue weighted by Crippen LogP contribution is 2.16. The maximum absolute atomic E-state index is 11.7. The quantitative estimate of drug-likeness (QED) is 0.797. The largest absolute Gasteiger partial charge is 0.381 e. The number of hydrogen-bond donors (Lipinski definition) is 2. The monoisotopic (exact) mass is 306 g/mol. The zero-order chi connectivity index (χ0) is 13.9. The zero-order valence-corrected chi connectivity index (χ0v) is 11.8. The fraction of sp³-hybridized carbons (Fsp3) is 0.545. The van der Waals surface area contributed by atoms with Gasteiger partial charge in [-0.25, -0.2) is 8.42 Å². The molecule has 0 aliphatic carbocycles. The minimum Gasteiger partial charge on any atom is -0.381 e. The summed E-state index contributed by atoms with van der Waals surface area (Å²) in [6, 6.07) is 1.22. The van der Waals surface area contributed by atoms with Crippen molar-refractivity contribution in [3.63, 3.8) is 0 Å². The number of rotatable bonds is 5. The maximum Gasteiger partial charge on any atom is 0.267 e. The van der Waals surface area contributed by atoms with Crippen molar-refractivity contribution in [1.82, 2.24) is 10.3 Å². The topological polar surface area (TPSA) is 88.3 Å². The number of carbonyl (C=O) groups excluding carboxylic acids is 1. The SMILES string of the molecule is O=C(NCCC1CCOC1)c1cc(S(=O)(=O)Cl)c[nH]1. The fourth-order valence-corrected chi connectivity index (χ4v) is 2.67. The molecular formula is C11H15ClN2O4S. The van der Waals surface area contributed by atoms with Crippen molar-refractivity contribution < 1.29 is 17.9 Å². The molecule has 2 rings (SSSR count). The fourth-order valence-electron chi connectivity index (χ4n) is 1.94. The lowest BCUT2D eigenvalue weighted by Gasteiger charge is -2.07. The first-order valence-corrected chi connectivity index (χ1v) is 8.27. The minimum atomic E-state index is -3.80. The lowest BCUT2D eigenvalue weighted by atomic mass is 10.1. The van der Waals surface area contributed by atoms with Gasteiger partial charge in [-0.3, -0.25) is 4.79 Å². The van der Waals surface area contributed by atoms with Crippen LogP contribution < -0.4 is 5.32 Å². The summed E-state index contributed by atoms with van der Waals surface area (Å²) in [7, 11) is 1.37. The maximum atomic E-state index is 11.7. The van der Waals surface area contributed by atoms with Gasteiger partial charge >= 0.3 is 0 Å². The Labute approximate surface area is 115 Å². The van der Waals surface area contributed by atoms with Crippen LogP contribution in [0, 0.1) is 5.92 Å². The first-order chi connectivity index (χ1) is 8.97. The number of nitrogens with one attached hydrogen (secondary N) is 2. The van der Waals surface area contributed by atoms with Crippen LogP contribution >= 0.6 is 10.7 Å². The van der Waals surface area contributed by atoms with Gasteiger partial charge < -0.3 is 15.0 Å². The van der Waals surface area contributed by atoms with E-state index in [-0.39, 0.29) is 16.5 Å².